The highest BCUT2D eigenvalue weighted by Gasteiger charge is 2.24. The second kappa shape index (κ2) is 6.87. The van der Waals surface area contributed by atoms with Crippen molar-refractivity contribution < 1.29 is 0 Å². The Bertz CT molecular complexity index is 390. The van der Waals surface area contributed by atoms with Crippen molar-refractivity contribution in [2.75, 3.05) is 20.1 Å². The van der Waals surface area contributed by atoms with Gasteiger partial charge in [-0.25, -0.2) is 0 Å². The van der Waals surface area contributed by atoms with Crippen LogP contribution in [0.3, 0.4) is 0 Å². The van der Waals surface area contributed by atoms with Crippen LogP contribution < -0.4 is 5.32 Å². The van der Waals surface area contributed by atoms with Crippen molar-refractivity contribution in [2.45, 2.75) is 38.8 Å². The van der Waals surface area contributed by atoms with E-state index in [0.717, 1.165) is 16.8 Å². The number of hydrogen-bond acceptors (Lipinski definition) is 2. The van der Waals surface area contributed by atoms with Crippen LogP contribution in [0.4, 0.5) is 0 Å². The zero-order chi connectivity index (χ0) is 13.8. The van der Waals surface area contributed by atoms with Crippen molar-refractivity contribution in [1.29, 1.82) is 0 Å². The van der Waals surface area contributed by atoms with E-state index >= 15 is 0 Å². The highest BCUT2D eigenvalue weighted by molar-refractivity contribution is 9.10. The standard InChI is InChI=1S/C16H25BrN2/c1-12-11-19(3)9-8-16(12)18-13(2)10-14-4-6-15(17)7-5-14/h4-7,12-13,16,18H,8-11H2,1-3H3. The summed E-state index contributed by atoms with van der Waals surface area (Å²) in [5.41, 5.74) is 1.41. The highest BCUT2D eigenvalue weighted by Crippen LogP contribution is 2.17. The third-order valence-corrected chi connectivity index (χ3v) is 4.59. The molecule has 3 atom stereocenters. The molecule has 1 aliphatic heterocycles. The first-order chi connectivity index (χ1) is 9.04. The van der Waals surface area contributed by atoms with Gasteiger partial charge in [-0.15, -0.1) is 0 Å². The Hall–Kier alpha value is -0.380. The molecule has 0 radical (unpaired) electrons. The minimum absolute atomic E-state index is 0.539. The van der Waals surface area contributed by atoms with Crippen molar-refractivity contribution in [2.24, 2.45) is 5.92 Å². The number of halogens is 1. The summed E-state index contributed by atoms with van der Waals surface area (Å²) in [5.74, 6) is 0.742. The number of nitrogens with one attached hydrogen (secondary N) is 1. The molecule has 0 saturated carbocycles. The van der Waals surface area contributed by atoms with E-state index in [0.29, 0.717) is 12.1 Å². The Kier molecular flexibility index (Phi) is 5.43. The molecule has 2 nitrogen and oxygen atoms in total. The summed E-state index contributed by atoms with van der Waals surface area (Å²) >= 11 is 3.48. The molecule has 0 spiro atoms. The highest BCUT2D eigenvalue weighted by atomic mass is 79.9. The van der Waals surface area contributed by atoms with Gasteiger partial charge in [0, 0.05) is 23.1 Å². The first kappa shape index (κ1) is 15.0. The van der Waals surface area contributed by atoms with E-state index in [4.69, 9.17) is 0 Å². The van der Waals surface area contributed by atoms with E-state index in [1.165, 1.54) is 25.1 Å². The molecule has 1 aromatic rings. The first-order valence-electron chi connectivity index (χ1n) is 7.23. The lowest BCUT2D eigenvalue weighted by Crippen LogP contribution is -2.50. The molecule has 2 rings (SSSR count). The monoisotopic (exact) mass is 324 g/mol. The van der Waals surface area contributed by atoms with Crippen molar-refractivity contribution in [1.82, 2.24) is 10.2 Å². The predicted molar refractivity (Wildman–Crippen MR) is 85.5 cm³/mol. The lowest BCUT2D eigenvalue weighted by molar-refractivity contribution is 0.167. The van der Waals surface area contributed by atoms with Crippen LogP contribution in [0.1, 0.15) is 25.8 Å². The van der Waals surface area contributed by atoms with E-state index < -0.39 is 0 Å². The predicted octanol–water partition coefficient (Wildman–Crippen LogP) is 3.31. The van der Waals surface area contributed by atoms with Crippen molar-refractivity contribution in [3.8, 4) is 0 Å². The fourth-order valence-corrected chi connectivity index (χ4v) is 3.26. The molecule has 1 aliphatic rings. The Morgan fingerprint density at radius 1 is 1.37 bits per heavy atom. The maximum absolute atomic E-state index is 3.81. The Balaban J connectivity index is 1.83. The number of benzene rings is 1. The van der Waals surface area contributed by atoms with E-state index in [9.17, 15) is 0 Å². The maximum atomic E-state index is 3.81. The average Bonchev–Trinajstić information content (AvgIpc) is 2.36. The van der Waals surface area contributed by atoms with Crippen LogP contribution >= 0.6 is 15.9 Å². The topological polar surface area (TPSA) is 15.3 Å². The van der Waals surface area contributed by atoms with Crippen molar-refractivity contribution in [3.63, 3.8) is 0 Å². The summed E-state index contributed by atoms with van der Waals surface area (Å²) in [6.45, 7) is 7.09. The molecule has 0 aliphatic carbocycles. The van der Waals surface area contributed by atoms with Crippen molar-refractivity contribution >= 4 is 15.9 Å². The van der Waals surface area contributed by atoms with Gasteiger partial charge in [-0.05, 0) is 57.0 Å². The van der Waals surface area contributed by atoms with Crippen LogP contribution in [-0.4, -0.2) is 37.1 Å². The van der Waals surface area contributed by atoms with Gasteiger partial charge in [-0.1, -0.05) is 35.0 Å². The number of nitrogens with zero attached hydrogens (tertiary/aromatic N) is 1. The van der Waals surface area contributed by atoms with Gasteiger partial charge in [0.05, 0.1) is 0 Å². The SMILES string of the molecule is CC(Cc1ccc(Br)cc1)NC1CCN(C)CC1C. The summed E-state index contributed by atoms with van der Waals surface area (Å²) in [5, 5.41) is 3.81. The van der Waals surface area contributed by atoms with Crippen LogP contribution in [0.5, 0.6) is 0 Å². The molecule has 3 unspecified atom stereocenters. The third kappa shape index (κ3) is 4.59. The zero-order valence-corrected chi connectivity index (χ0v) is 13.8. The molecule has 0 amide bonds. The second-order valence-electron chi connectivity index (χ2n) is 6.03. The molecule has 0 bridgehead atoms. The van der Waals surface area contributed by atoms with Crippen molar-refractivity contribution in [3.05, 3.63) is 34.3 Å². The van der Waals surface area contributed by atoms with Gasteiger partial charge in [0.2, 0.25) is 0 Å². The summed E-state index contributed by atoms with van der Waals surface area (Å²) in [6, 6.07) is 9.87. The van der Waals surface area contributed by atoms with Crippen LogP contribution in [0.25, 0.3) is 0 Å². The molecule has 1 fully saturated rings. The van der Waals surface area contributed by atoms with Gasteiger partial charge < -0.3 is 10.2 Å². The van der Waals surface area contributed by atoms with Crippen LogP contribution in [0.15, 0.2) is 28.7 Å². The lowest BCUT2D eigenvalue weighted by Gasteiger charge is -2.37. The third-order valence-electron chi connectivity index (χ3n) is 4.06. The molecule has 1 N–H and O–H groups in total. The Labute approximate surface area is 125 Å². The summed E-state index contributed by atoms with van der Waals surface area (Å²) in [4.78, 5) is 2.43. The number of piperidine rings is 1. The van der Waals surface area contributed by atoms with Crippen LogP contribution in [0.2, 0.25) is 0 Å². The quantitative estimate of drug-likeness (QED) is 0.914. The van der Waals surface area contributed by atoms with Crippen LogP contribution in [0, 0.1) is 5.92 Å². The Morgan fingerprint density at radius 3 is 2.68 bits per heavy atom. The molecule has 0 aromatic heterocycles. The second-order valence-corrected chi connectivity index (χ2v) is 6.95. The minimum Gasteiger partial charge on any atom is -0.311 e. The fourth-order valence-electron chi connectivity index (χ4n) is 3.00. The van der Waals surface area contributed by atoms with E-state index in [1.54, 1.807) is 0 Å². The average molecular weight is 325 g/mol. The number of hydrogen-bond donors (Lipinski definition) is 1. The summed E-state index contributed by atoms with van der Waals surface area (Å²) in [6.07, 6.45) is 2.37. The zero-order valence-electron chi connectivity index (χ0n) is 12.2. The van der Waals surface area contributed by atoms with Gasteiger partial charge >= 0.3 is 0 Å². The van der Waals surface area contributed by atoms with Gasteiger partial charge in [0.25, 0.3) is 0 Å². The maximum Gasteiger partial charge on any atom is 0.0175 e. The number of likely N-dealkylation sites (tertiary alicyclic amines) is 1. The summed E-state index contributed by atoms with van der Waals surface area (Å²) < 4.78 is 1.15. The molecular formula is C16H25BrN2. The van der Waals surface area contributed by atoms with Gasteiger partial charge in [0.15, 0.2) is 0 Å². The van der Waals surface area contributed by atoms with Gasteiger partial charge in [-0.2, -0.15) is 0 Å². The smallest absolute Gasteiger partial charge is 0.0175 e. The molecule has 3 heteroatoms. The Morgan fingerprint density at radius 2 is 2.05 bits per heavy atom. The van der Waals surface area contributed by atoms with E-state index in [2.05, 4.69) is 71.3 Å². The molecule has 1 saturated heterocycles. The molecule has 1 aromatic carbocycles. The molecule has 1 heterocycles. The molecule has 19 heavy (non-hydrogen) atoms. The van der Waals surface area contributed by atoms with E-state index in [1.807, 2.05) is 0 Å². The normalized spacial score (nSPS) is 26.3. The molecular weight excluding hydrogens is 300 g/mol. The van der Waals surface area contributed by atoms with Gasteiger partial charge in [-0.3, -0.25) is 0 Å². The van der Waals surface area contributed by atoms with E-state index in [-0.39, 0.29) is 0 Å². The van der Waals surface area contributed by atoms with Crippen LogP contribution in [-0.2, 0) is 6.42 Å². The van der Waals surface area contributed by atoms with Gasteiger partial charge in [0.1, 0.15) is 0 Å². The lowest BCUT2D eigenvalue weighted by atomic mass is 9.93. The minimum atomic E-state index is 0.539. The number of rotatable bonds is 4. The molecule has 106 valence electrons. The fraction of sp³-hybridized carbons (Fsp3) is 0.625. The first-order valence-corrected chi connectivity index (χ1v) is 8.03. The largest absolute Gasteiger partial charge is 0.311 e. The summed E-state index contributed by atoms with van der Waals surface area (Å²) in [7, 11) is 2.22.